The first-order valence-corrected chi connectivity index (χ1v) is 6.41. The zero-order valence-electron chi connectivity index (χ0n) is 11.2. The van der Waals surface area contributed by atoms with Crippen LogP contribution in [-0.4, -0.2) is 23.3 Å². The molecule has 19 heavy (non-hydrogen) atoms. The molecule has 0 heterocycles. The van der Waals surface area contributed by atoms with Crippen molar-refractivity contribution in [1.82, 2.24) is 5.32 Å². The zero-order valence-corrected chi connectivity index (χ0v) is 11.2. The third kappa shape index (κ3) is 3.23. The Kier molecular flexibility index (Phi) is 3.75. The van der Waals surface area contributed by atoms with Crippen molar-refractivity contribution >= 4 is 11.7 Å². The highest BCUT2D eigenvalue weighted by Crippen LogP contribution is 2.39. The van der Waals surface area contributed by atoms with Crippen LogP contribution in [0.3, 0.4) is 0 Å². The second-order valence-corrected chi connectivity index (χ2v) is 5.39. The molecule has 0 radical (unpaired) electrons. The first-order chi connectivity index (χ1) is 8.94. The average Bonchev–Trinajstić information content (AvgIpc) is 3.18. The maximum absolute atomic E-state index is 13.1. The lowest BCUT2D eigenvalue weighted by molar-refractivity contribution is 0.159. The Morgan fingerprint density at radius 1 is 1.53 bits per heavy atom. The van der Waals surface area contributed by atoms with Gasteiger partial charge in [-0.05, 0) is 50.3 Å². The Morgan fingerprint density at radius 3 is 2.79 bits per heavy atom. The molecule has 2 rings (SSSR count). The van der Waals surface area contributed by atoms with E-state index in [9.17, 15) is 14.3 Å². The number of hydrogen-bond acceptors (Lipinski definition) is 2. The highest BCUT2D eigenvalue weighted by molar-refractivity contribution is 5.90. The van der Waals surface area contributed by atoms with Gasteiger partial charge in [0, 0.05) is 5.69 Å². The standard InChI is InChI=1S/C14H19FN2O2/c1-9-3-6-11(15)7-12(9)16-13(19)17-14(2,8-18)10-4-5-10/h3,6-7,10,18H,4-5,8H2,1-2H3,(H2,16,17,19). The molecule has 1 aliphatic carbocycles. The second-order valence-electron chi connectivity index (χ2n) is 5.39. The van der Waals surface area contributed by atoms with Crippen LogP contribution in [0.25, 0.3) is 0 Å². The molecule has 1 aromatic carbocycles. The predicted octanol–water partition coefficient (Wildman–Crippen LogP) is 2.42. The van der Waals surface area contributed by atoms with Crippen LogP contribution in [0, 0.1) is 18.7 Å². The van der Waals surface area contributed by atoms with Crippen molar-refractivity contribution < 1.29 is 14.3 Å². The molecule has 0 aliphatic heterocycles. The first-order valence-electron chi connectivity index (χ1n) is 6.41. The Morgan fingerprint density at radius 2 is 2.21 bits per heavy atom. The van der Waals surface area contributed by atoms with Gasteiger partial charge in [-0.25, -0.2) is 9.18 Å². The van der Waals surface area contributed by atoms with E-state index in [1.165, 1.54) is 12.1 Å². The fourth-order valence-corrected chi connectivity index (χ4v) is 2.13. The SMILES string of the molecule is Cc1ccc(F)cc1NC(=O)NC(C)(CO)C1CC1. The van der Waals surface area contributed by atoms with E-state index in [0.717, 1.165) is 18.4 Å². The van der Waals surface area contributed by atoms with Crippen LogP contribution in [0.4, 0.5) is 14.9 Å². The summed E-state index contributed by atoms with van der Waals surface area (Å²) in [4.78, 5) is 11.9. The highest BCUT2D eigenvalue weighted by Gasteiger charge is 2.42. The summed E-state index contributed by atoms with van der Waals surface area (Å²) in [5.41, 5.74) is 0.618. The summed E-state index contributed by atoms with van der Waals surface area (Å²) in [5, 5.41) is 14.8. The molecule has 4 nitrogen and oxygen atoms in total. The van der Waals surface area contributed by atoms with Gasteiger partial charge in [-0.15, -0.1) is 0 Å². The van der Waals surface area contributed by atoms with E-state index >= 15 is 0 Å². The third-order valence-corrected chi connectivity index (χ3v) is 3.65. The van der Waals surface area contributed by atoms with Crippen molar-refractivity contribution in [2.75, 3.05) is 11.9 Å². The summed E-state index contributed by atoms with van der Waals surface area (Å²) in [5.74, 6) is -0.0788. The quantitative estimate of drug-likeness (QED) is 0.783. The van der Waals surface area contributed by atoms with E-state index in [1.54, 1.807) is 13.0 Å². The molecule has 0 saturated heterocycles. The maximum atomic E-state index is 13.1. The molecule has 0 spiro atoms. The number of amides is 2. The summed E-state index contributed by atoms with van der Waals surface area (Å²) < 4.78 is 13.1. The average molecular weight is 266 g/mol. The van der Waals surface area contributed by atoms with Crippen molar-refractivity contribution in [2.45, 2.75) is 32.2 Å². The molecule has 1 unspecified atom stereocenters. The largest absolute Gasteiger partial charge is 0.394 e. The van der Waals surface area contributed by atoms with Crippen LogP contribution in [0.2, 0.25) is 0 Å². The van der Waals surface area contributed by atoms with Crippen molar-refractivity contribution in [2.24, 2.45) is 5.92 Å². The van der Waals surface area contributed by atoms with E-state index in [0.29, 0.717) is 11.6 Å². The molecule has 1 aromatic rings. The molecular weight excluding hydrogens is 247 g/mol. The summed E-state index contributed by atoms with van der Waals surface area (Å²) in [6.07, 6.45) is 2.02. The lowest BCUT2D eigenvalue weighted by Gasteiger charge is -2.28. The van der Waals surface area contributed by atoms with Gasteiger partial charge in [-0.2, -0.15) is 0 Å². The lowest BCUT2D eigenvalue weighted by atomic mass is 9.97. The maximum Gasteiger partial charge on any atom is 0.319 e. The van der Waals surface area contributed by atoms with E-state index < -0.39 is 17.4 Å². The van der Waals surface area contributed by atoms with Gasteiger partial charge in [-0.3, -0.25) is 0 Å². The first kappa shape index (κ1) is 13.8. The number of aliphatic hydroxyl groups excluding tert-OH is 1. The Labute approximate surface area is 112 Å². The molecule has 3 N–H and O–H groups in total. The van der Waals surface area contributed by atoms with Gasteiger partial charge in [0.2, 0.25) is 0 Å². The van der Waals surface area contributed by atoms with Crippen LogP contribution < -0.4 is 10.6 Å². The molecule has 1 atom stereocenters. The number of rotatable bonds is 4. The van der Waals surface area contributed by atoms with E-state index in [4.69, 9.17) is 0 Å². The van der Waals surface area contributed by atoms with Gasteiger partial charge in [0.15, 0.2) is 0 Å². The minimum Gasteiger partial charge on any atom is -0.394 e. The van der Waals surface area contributed by atoms with Crippen molar-refractivity contribution in [3.05, 3.63) is 29.6 Å². The van der Waals surface area contributed by atoms with E-state index in [-0.39, 0.29) is 6.61 Å². The summed E-state index contributed by atoms with van der Waals surface area (Å²) in [6.45, 7) is 3.51. The Bertz CT molecular complexity index is 488. The van der Waals surface area contributed by atoms with E-state index in [2.05, 4.69) is 10.6 Å². The van der Waals surface area contributed by atoms with Gasteiger partial charge >= 0.3 is 6.03 Å². The summed E-state index contributed by atoms with van der Waals surface area (Å²) in [7, 11) is 0. The van der Waals surface area contributed by atoms with Crippen LogP contribution >= 0.6 is 0 Å². The number of aryl methyl sites for hydroxylation is 1. The number of carbonyl (C=O) groups is 1. The number of urea groups is 1. The molecule has 1 fully saturated rings. The molecule has 1 aliphatic rings. The topological polar surface area (TPSA) is 61.4 Å². The number of aliphatic hydroxyl groups is 1. The number of benzene rings is 1. The number of hydrogen-bond donors (Lipinski definition) is 3. The molecule has 104 valence electrons. The van der Waals surface area contributed by atoms with Crippen LogP contribution in [0.5, 0.6) is 0 Å². The summed E-state index contributed by atoms with van der Waals surface area (Å²) >= 11 is 0. The predicted molar refractivity (Wildman–Crippen MR) is 71.5 cm³/mol. The monoisotopic (exact) mass is 266 g/mol. The third-order valence-electron chi connectivity index (χ3n) is 3.65. The second kappa shape index (κ2) is 5.17. The summed E-state index contributed by atoms with van der Waals surface area (Å²) in [6, 6.07) is 3.82. The molecule has 0 bridgehead atoms. The van der Waals surface area contributed by atoms with Crippen molar-refractivity contribution in [1.29, 1.82) is 0 Å². The molecule has 2 amide bonds. The Hall–Kier alpha value is -1.62. The smallest absolute Gasteiger partial charge is 0.319 e. The normalized spacial score (nSPS) is 17.7. The van der Waals surface area contributed by atoms with Crippen LogP contribution in [0.15, 0.2) is 18.2 Å². The molecular formula is C14H19FN2O2. The molecule has 1 saturated carbocycles. The van der Waals surface area contributed by atoms with Gasteiger partial charge in [0.25, 0.3) is 0 Å². The van der Waals surface area contributed by atoms with E-state index in [1.807, 2.05) is 6.92 Å². The highest BCUT2D eigenvalue weighted by atomic mass is 19.1. The van der Waals surface area contributed by atoms with Crippen LogP contribution in [0.1, 0.15) is 25.3 Å². The van der Waals surface area contributed by atoms with Crippen molar-refractivity contribution in [3.8, 4) is 0 Å². The number of anilines is 1. The Balaban J connectivity index is 2.02. The van der Waals surface area contributed by atoms with Crippen LogP contribution in [-0.2, 0) is 0 Å². The minimum atomic E-state index is -0.606. The van der Waals surface area contributed by atoms with Gasteiger partial charge in [0.1, 0.15) is 5.82 Å². The van der Waals surface area contributed by atoms with Gasteiger partial charge < -0.3 is 15.7 Å². The lowest BCUT2D eigenvalue weighted by Crippen LogP contribution is -2.52. The minimum absolute atomic E-state index is 0.104. The number of nitrogens with one attached hydrogen (secondary N) is 2. The molecule has 0 aromatic heterocycles. The number of carbonyl (C=O) groups excluding carboxylic acids is 1. The van der Waals surface area contributed by atoms with Crippen molar-refractivity contribution in [3.63, 3.8) is 0 Å². The zero-order chi connectivity index (χ0) is 14.0. The fourth-order valence-electron chi connectivity index (χ4n) is 2.13. The number of halogens is 1. The van der Waals surface area contributed by atoms with Gasteiger partial charge in [-0.1, -0.05) is 6.07 Å². The fraction of sp³-hybridized carbons (Fsp3) is 0.500. The van der Waals surface area contributed by atoms with Gasteiger partial charge in [0.05, 0.1) is 12.1 Å². The molecule has 5 heteroatoms.